The third-order valence-electron chi connectivity index (χ3n) is 3.30. The molecule has 2 fully saturated rings. The van der Waals surface area contributed by atoms with Crippen LogP contribution in [0.25, 0.3) is 0 Å². The molecule has 62 valence electrons. The van der Waals surface area contributed by atoms with Crippen LogP contribution in [0.3, 0.4) is 0 Å². The number of ketones is 1. The minimum absolute atomic E-state index is 0.530. The summed E-state index contributed by atoms with van der Waals surface area (Å²) < 4.78 is 0. The van der Waals surface area contributed by atoms with E-state index in [0.29, 0.717) is 5.78 Å². The summed E-state index contributed by atoms with van der Waals surface area (Å²) in [6.07, 6.45) is 8.62. The Bertz CT molecular complexity index is 146. The van der Waals surface area contributed by atoms with Gasteiger partial charge in [0.1, 0.15) is 5.78 Å². The van der Waals surface area contributed by atoms with Gasteiger partial charge in [0.05, 0.1) is 0 Å². The number of carbonyl (C=O) groups excluding carboxylic acids is 1. The lowest BCUT2D eigenvalue weighted by atomic mass is 9.92. The third kappa shape index (κ3) is 1.47. The molecule has 11 heavy (non-hydrogen) atoms. The molecule has 0 aliphatic heterocycles. The second-order valence-corrected chi connectivity index (χ2v) is 4.11. The lowest BCUT2D eigenvalue weighted by Gasteiger charge is -2.13. The monoisotopic (exact) mass is 152 g/mol. The second kappa shape index (κ2) is 2.96. The Kier molecular flexibility index (Phi) is 1.97. The summed E-state index contributed by atoms with van der Waals surface area (Å²) in [4.78, 5) is 11.1. The van der Waals surface area contributed by atoms with Crippen molar-refractivity contribution in [2.24, 2.45) is 11.8 Å². The normalized spacial score (nSPS) is 38.4. The summed E-state index contributed by atoms with van der Waals surface area (Å²) in [6.45, 7) is 0. The first-order chi connectivity index (χ1) is 5.36. The van der Waals surface area contributed by atoms with Gasteiger partial charge in [-0.2, -0.15) is 0 Å². The number of fused-ring (bicyclic) bond motifs is 1. The Morgan fingerprint density at radius 2 is 1.45 bits per heavy atom. The van der Waals surface area contributed by atoms with Crippen LogP contribution in [0.1, 0.15) is 44.9 Å². The highest BCUT2D eigenvalue weighted by Gasteiger charge is 2.32. The molecule has 2 aliphatic carbocycles. The van der Waals surface area contributed by atoms with E-state index in [2.05, 4.69) is 0 Å². The van der Waals surface area contributed by atoms with E-state index in [4.69, 9.17) is 0 Å². The summed E-state index contributed by atoms with van der Waals surface area (Å²) >= 11 is 0. The first-order valence-electron chi connectivity index (χ1n) is 4.88. The zero-order valence-corrected chi connectivity index (χ0v) is 7.01. The maximum absolute atomic E-state index is 11.1. The Morgan fingerprint density at radius 3 is 2.00 bits per heavy atom. The van der Waals surface area contributed by atoms with E-state index in [1.165, 1.54) is 32.1 Å². The van der Waals surface area contributed by atoms with Crippen molar-refractivity contribution < 1.29 is 4.79 Å². The van der Waals surface area contributed by atoms with Crippen molar-refractivity contribution in [2.75, 3.05) is 0 Å². The van der Waals surface area contributed by atoms with E-state index in [0.717, 1.165) is 24.7 Å². The number of rotatable bonds is 0. The fourth-order valence-corrected chi connectivity index (χ4v) is 2.67. The van der Waals surface area contributed by atoms with Gasteiger partial charge in [-0.05, 0) is 24.7 Å². The van der Waals surface area contributed by atoms with E-state index in [9.17, 15) is 4.79 Å². The van der Waals surface area contributed by atoms with Crippen LogP contribution in [0.2, 0.25) is 0 Å². The van der Waals surface area contributed by atoms with Crippen LogP contribution in [0.15, 0.2) is 0 Å². The molecule has 1 heteroatoms. The van der Waals surface area contributed by atoms with Crippen molar-refractivity contribution in [2.45, 2.75) is 44.9 Å². The Labute approximate surface area is 68.2 Å². The van der Waals surface area contributed by atoms with Gasteiger partial charge >= 0.3 is 0 Å². The first kappa shape index (κ1) is 7.33. The van der Waals surface area contributed by atoms with Crippen molar-refractivity contribution >= 4 is 5.78 Å². The summed E-state index contributed by atoms with van der Waals surface area (Å²) in [5, 5.41) is 0. The number of hydrogen-bond donors (Lipinski definition) is 0. The topological polar surface area (TPSA) is 17.1 Å². The lowest BCUT2D eigenvalue weighted by molar-refractivity contribution is -0.117. The molecule has 0 radical (unpaired) electrons. The maximum Gasteiger partial charge on any atom is 0.133 e. The highest BCUT2D eigenvalue weighted by Crippen LogP contribution is 2.38. The van der Waals surface area contributed by atoms with Crippen molar-refractivity contribution in [1.29, 1.82) is 0 Å². The predicted octanol–water partition coefficient (Wildman–Crippen LogP) is 2.55. The standard InChI is InChI=1S/C10H16O/c11-10-6-8-4-2-1-3-5-9(8)7-10/h8-9H,1-7H2. The highest BCUT2D eigenvalue weighted by atomic mass is 16.1. The number of hydrogen-bond acceptors (Lipinski definition) is 1. The molecule has 0 heterocycles. The molecule has 1 nitrogen and oxygen atoms in total. The summed E-state index contributed by atoms with van der Waals surface area (Å²) in [7, 11) is 0. The predicted molar refractivity (Wildman–Crippen MR) is 44.3 cm³/mol. The van der Waals surface area contributed by atoms with Gasteiger partial charge in [0.25, 0.3) is 0 Å². The van der Waals surface area contributed by atoms with E-state index >= 15 is 0 Å². The van der Waals surface area contributed by atoms with E-state index < -0.39 is 0 Å². The van der Waals surface area contributed by atoms with Gasteiger partial charge in [0.2, 0.25) is 0 Å². The van der Waals surface area contributed by atoms with Gasteiger partial charge in [0, 0.05) is 12.8 Å². The molecule has 0 aromatic rings. The van der Waals surface area contributed by atoms with Gasteiger partial charge in [0.15, 0.2) is 0 Å². The van der Waals surface area contributed by atoms with Crippen LogP contribution < -0.4 is 0 Å². The minimum atomic E-state index is 0.530. The van der Waals surface area contributed by atoms with Gasteiger partial charge in [-0.3, -0.25) is 4.79 Å². The first-order valence-corrected chi connectivity index (χ1v) is 4.88. The van der Waals surface area contributed by atoms with E-state index in [1.54, 1.807) is 0 Å². The fraction of sp³-hybridized carbons (Fsp3) is 0.900. The highest BCUT2D eigenvalue weighted by molar-refractivity contribution is 5.81. The Balaban J connectivity index is 2.01. The molecule has 2 unspecified atom stereocenters. The van der Waals surface area contributed by atoms with Crippen LogP contribution in [-0.4, -0.2) is 5.78 Å². The molecule has 2 saturated carbocycles. The summed E-state index contributed by atoms with van der Waals surface area (Å²) in [5.74, 6) is 2.09. The van der Waals surface area contributed by atoms with Crippen LogP contribution in [0.5, 0.6) is 0 Å². The van der Waals surface area contributed by atoms with Crippen LogP contribution in [0, 0.1) is 11.8 Å². The van der Waals surface area contributed by atoms with E-state index in [-0.39, 0.29) is 0 Å². The molecule has 0 N–H and O–H groups in total. The molecule has 0 saturated heterocycles. The van der Waals surface area contributed by atoms with Crippen molar-refractivity contribution in [3.63, 3.8) is 0 Å². The number of Topliss-reactive ketones (excluding diaryl/α,β-unsaturated/α-hetero) is 1. The molecular weight excluding hydrogens is 136 g/mol. The quantitative estimate of drug-likeness (QED) is 0.521. The molecule has 2 aliphatic rings. The average molecular weight is 152 g/mol. The lowest BCUT2D eigenvalue weighted by Crippen LogP contribution is -2.04. The van der Waals surface area contributed by atoms with Gasteiger partial charge in [-0.1, -0.05) is 19.3 Å². The summed E-state index contributed by atoms with van der Waals surface area (Å²) in [6, 6.07) is 0. The molecule has 0 aromatic heterocycles. The third-order valence-corrected chi connectivity index (χ3v) is 3.30. The summed E-state index contributed by atoms with van der Waals surface area (Å²) in [5.41, 5.74) is 0. The van der Waals surface area contributed by atoms with Crippen molar-refractivity contribution in [3.8, 4) is 0 Å². The molecule has 0 spiro atoms. The van der Waals surface area contributed by atoms with Crippen molar-refractivity contribution in [3.05, 3.63) is 0 Å². The van der Waals surface area contributed by atoms with Crippen molar-refractivity contribution in [1.82, 2.24) is 0 Å². The molecule has 2 rings (SSSR count). The molecular formula is C10H16O. The van der Waals surface area contributed by atoms with Gasteiger partial charge < -0.3 is 0 Å². The zero-order chi connectivity index (χ0) is 7.68. The van der Waals surface area contributed by atoms with Gasteiger partial charge in [-0.15, -0.1) is 0 Å². The Hall–Kier alpha value is -0.330. The second-order valence-electron chi connectivity index (χ2n) is 4.11. The average Bonchev–Trinajstić information content (AvgIpc) is 2.17. The number of carbonyl (C=O) groups is 1. The fourth-order valence-electron chi connectivity index (χ4n) is 2.67. The molecule has 0 aromatic carbocycles. The largest absolute Gasteiger partial charge is 0.300 e. The van der Waals surface area contributed by atoms with E-state index in [1.807, 2.05) is 0 Å². The van der Waals surface area contributed by atoms with Gasteiger partial charge in [-0.25, -0.2) is 0 Å². The zero-order valence-electron chi connectivity index (χ0n) is 7.01. The maximum atomic E-state index is 11.1. The Morgan fingerprint density at radius 1 is 0.909 bits per heavy atom. The van der Waals surface area contributed by atoms with Crippen LogP contribution >= 0.6 is 0 Å². The smallest absolute Gasteiger partial charge is 0.133 e. The van der Waals surface area contributed by atoms with Crippen LogP contribution in [-0.2, 0) is 4.79 Å². The van der Waals surface area contributed by atoms with Crippen LogP contribution in [0.4, 0.5) is 0 Å². The molecule has 2 atom stereocenters. The minimum Gasteiger partial charge on any atom is -0.300 e. The molecule has 0 amide bonds. The molecule has 0 bridgehead atoms. The SMILES string of the molecule is O=C1CC2CCCCCC2C1.